The normalized spacial score (nSPS) is 16.9. The van der Waals surface area contributed by atoms with E-state index in [4.69, 9.17) is 16.3 Å². The van der Waals surface area contributed by atoms with E-state index in [-0.39, 0.29) is 5.91 Å². The Morgan fingerprint density at radius 2 is 2.06 bits per heavy atom. The highest BCUT2D eigenvalue weighted by molar-refractivity contribution is 7.99. The Morgan fingerprint density at radius 3 is 2.81 bits per heavy atom. The number of likely N-dealkylation sites (tertiary alicyclic amines) is 1. The summed E-state index contributed by atoms with van der Waals surface area (Å²) < 4.78 is 5.36. The Morgan fingerprint density at radius 1 is 1.25 bits per heavy atom. The molecule has 3 aromatic rings. The number of benzene rings is 2. The lowest BCUT2D eigenvalue weighted by Gasteiger charge is -2.33. The van der Waals surface area contributed by atoms with Crippen molar-refractivity contribution in [3.63, 3.8) is 0 Å². The molecule has 5 nitrogen and oxygen atoms in total. The number of carbonyl (C=O) groups is 1. The minimum Gasteiger partial charge on any atom is -0.497 e. The van der Waals surface area contributed by atoms with Crippen LogP contribution >= 0.6 is 23.4 Å². The number of piperidine rings is 1. The molecule has 0 spiro atoms. The van der Waals surface area contributed by atoms with Crippen LogP contribution < -0.4 is 10.1 Å². The summed E-state index contributed by atoms with van der Waals surface area (Å²) in [6.07, 6.45) is 4.83. The van der Waals surface area contributed by atoms with Gasteiger partial charge in [0.1, 0.15) is 11.4 Å². The summed E-state index contributed by atoms with van der Waals surface area (Å²) in [5, 5.41) is 4.81. The third kappa shape index (κ3) is 5.42. The first-order chi connectivity index (χ1) is 15.5. The van der Waals surface area contributed by atoms with Crippen LogP contribution in [0.15, 0.2) is 52.3 Å². The van der Waals surface area contributed by atoms with E-state index < -0.39 is 0 Å². The number of rotatable bonds is 8. The highest BCUT2D eigenvalue weighted by Gasteiger charge is 2.20. The van der Waals surface area contributed by atoms with E-state index in [1.165, 1.54) is 25.8 Å². The molecule has 1 amide bonds. The van der Waals surface area contributed by atoms with Gasteiger partial charge in [0.15, 0.2) is 0 Å². The molecule has 1 atom stereocenters. The molecule has 2 N–H and O–H groups in total. The van der Waals surface area contributed by atoms with Crippen LogP contribution in [0, 0.1) is 0 Å². The van der Waals surface area contributed by atoms with Gasteiger partial charge in [0.2, 0.25) is 0 Å². The van der Waals surface area contributed by atoms with Gasteiger partial charge in [-0.3, -0.25) is 4.79 Å². The number of hydrogen-bond donors (Lipinski definition) is 2. The minimum absolute atomic E-state index is 0.0803. The van der Waals surface area contributed by atoms with Crippen LogP contribution in [-0.2, 0) is 0 Å². The zero-order valence-electron chi connectivity index (χ0n) is 18.6. The van der Waals surface area contributed by atoms with Crippen molar-refractivity contribution in [1.82, 2.24) is 15.2 Å². The molecule has 1 fully saturated rings. The molecular formula is C25H30ClN3O2S. The molecule has 1 aliphatic rings. The molecule has 0 saturated carbocycles. The second-order valence-corrected chi connectivity index (χ2v) is 9.81. The van der Waals surface area contributed by atoms with Crippen molar-refractivity contribution >= 4 is 40.2 Å². The van der Waals surface area contributed by atoms with Gasteiger partial charge in [-0.15, -0.1) is 0 Å². The van der Waals surface area contributed by atoms with Crippen LogP contribution in [0.4, 0.5) is 0 Å². The molecule has 170 valence electrons. The highest BCUT2D eigenvalue weighted by atomic mass is 35.5. The summed E-state index contributed by atoms with van der Waals surface area (Å²) in [4.78, 5) is 20.9. The maximum absolute atomic E-state index is 13.1. The number of nitrogens with zero attached hydrogens (tertiary/aromatic N) is 1. The minimum atomic E-state index is -0.0803. The Balaban J connectivity index is 1.49. The van der Waals surface area contributed by atoms with Gasteiger partial charge in [-0.1, -0.05) is 29.8 Å². The summed E-state index contributed by atoms with van der Waals surface area (Å²) in [6, 6.07) is 14.2. The first-order valence-electron chi connectivity index (χ1n) is 11.2. The SMILES string of the molecule is COc1ccc2c(Sc3ccc(Cl)cc3)c(C(=O)NCCCN3CCCCC3C)[nH]c2c1. The van der Waals surface area contributed by atoms with Crippen molar-refractivity contribution < 1.29 is 9.53 Å². The van der Waals surface area contributed by atoms with Crippen LogP contribution in [-0.4, -0.2) is 48.6 Å². The molecule has 1 saturated heterocycles. The Bertz CT molecular complexity index is 1070. The molecule has 1 aromatic heterocycles. The van der Waals surface area contributed by atoms with Crippen LogP contribution in [0.25, 0.3) is 10.9 Å². The van der Waals surface area contributed by atoms with Gasteiger partial charge >= 0.3 is 0 Å². The van der Waals surface area contributed by atoms with Crippen molar-refractivity contribution in [2.45, 2.75) is 48.4 Å². The second kappa shape index (κ2) is 10.6. The topological polar surface area (TPSA) is 57.4 Å². The maximum Gasteiger partial charge on any atom is 0.268 e. The average molecular weight is 472 g/mol. The molecular weight excluding hydrogens is 442 g/mol. The van der Waals surface area contributed by atoms with Crippen LogP contribution in [0.3, 0.4) is 0 Å². The number of aromatic nitrogens is 1. The number of nitrogens with one attached hydrogen (secondary N) is 2. The summed E-state index contributed by atoms with van der Waals surface area (Å²) >= 11 is 7.61. The lowest BCUT2D eigenvalue weighted by atomic mass is 10.0. The Labute approximate surface area is 198 Å². The molecule has 0 aliphatic carbocycles. The van der Waals surface area contributed by atoms with E-state index in [1.807, 2.05) is 42.5 Å². The number of carbonyl (C=O) groups excluding carboxylic acids is 1. The van der Waals surface area contributed by atoms with Gasteiger partial charge in [-0.05, 0) is 69.1 Å². The number of halogens is 1. The molecule has 1 aliphatic heterocycles. The third-order valence-corrected chi connectivity index (χ3v) is 7.45. The van der Waals surface area contributed by atoms with Gasteiger partial charge in [0.05, 0.1) is 17.5 Å². The number of ether oxygens (including phenoxy) is 1. The van der Waals surface area contributed by atoms with Crippen molar-refractivity contribution in [2.24, 2.45) is 0 Å². The summed E-state index contributed by atoms with van der Waals surface area (Å²) in [6.45, 7) is 5.15. The highest BCUT2D eigenvalue weighted by Crippen LogP contribution is 2.38. The van der Waals surface area contributed by atoms with Gasteiger partial charge < -0.3 is 19.9 Å². The summed E-state index contributed by atoms with van der Waals surface area (Å²) in [5.41, 5.74) is 1.47. The van der Waals surface area contributed by atoms with E-state index in [1.54, 1.807) is 18.9 Å². The van der Waals surface area contributed by atoms with Crippen molar-refractivity contribution in [3.8, 4) is 5.75 Å². The number of amides is 1. The second-order valence-electron chi connectivity index (χ2n) is 8.29. The molecule has 32 heavy (non-hydrogen) atoms. The number of methoxy groups -OCH3 is 1. The van der Waals surface area contributed by atoms with Gasteiger partial charge in [0.25, 0.3) is 5.91 Å². The smallest absolute Gasteiger partial charge is 0.268 e. The van der Waals surface area contributed by atoms with Crippen molar-refractivity contribution in [3.05, 3.63) is 53.2 Å². The summed E-state index contributed by atoms with van der Waals surface area (Å²) in [7, 11) is 1.64. The van der Waals surface area contributed by atoms with Gasteiger partial charge in [0, 0.05) is 40.5 Å². The predicted octanol–water partition coefficient (Wildman–Crippen LogP) is 5.98. The lowest BCUT2D eigenvalue weighted by molar-refractivity contribution is 0.0942. The lowest BCUT2D eigenvalue weighted by Crippen LogP contribution is -2.39. The number of aromatic amines is 1. The largest absolute Gasteiger partial charge is 0.497 e. The predicted molar refractivity (Wildman–Crippen MR) is 132 cm³/mol. The van der Waals surface area contributed by atoms with Crippen LogP contribution in [0.1, 0.15) is 43.1 Å². The zero-order chi connectivity index (χ0) is 22.5. The number of fused-ring (bicyclic) bond motifs is 1. The van der Waals surface area contributed by atoms with E-state index in [2.05, 4.69) is 22.1 Å². The first-order valence-corrected chi connectivity index (χ1v) is 12.4. The molecule has 0 bridgehead atoms. The Kier molecular flexibility index (Phi) is 7.66. The van der Waals surface area contributed by atoms with Gasteiger partial charge in [-0.2, -0.15) is 0 Å². The number of hydrogen-bond acceptors (Lipinski definition) is 4. The fraction of sp³-hybridized carbons (Fsp3) is 0.400. The first kappa shape index (κ1) is 23.0. The standard InChI is InChI=1S/C25H30ClN3O2S/c1-17-6-3-4-14-29(17)15-5-13-27-25(30)23-24(32-20-10-7-18(26)8-11-20)21-12-9-19(31-2)16-22(21)28-23/h7-12,16-17,28H,3-6,13-15H2,1-2H3,(H,27,30). The van der Waals surface area contributed by atoms with Crippen LogP contribution in [0.5, 0.6) is 5.75 Å². The van der Waals surface area contributed by atoms with E-state index in [0.717, 1.165) is 39.4 Å². The molecule has 4 rings (SSSR count). The molecule has 2 aromatic carbocycles. The average Bonchev–Trinajstić information content (AvgIpc) is 3.16. The van der Waals surface area contributed by atoms with E-state index >= 15 is 0 Å². The van der Waals surface area contributed by atoms with E-state index in [0.29, 0.717) is 23.3 Å². The zero-order valence-corrected chi connectivity index (χ0v) is 20.2. The fourth-order valence-corrected chi connectivity index (χ4v) is 5.39. The molecule has 2 heterocycles. The monoisotopic (exact) mass is 471 g/mol. The van der Waals surface area contributed by atoms with Crippen molar-refractivity contribution in [2.75, 3.05) is 26.7 Å². The van der Waals surface area contributed by atoms with Crippen molar-refractivity contribution in [1.29, 1.82) is 0 Å². The number of H-pyrrole nitrogens is 1. The maximum atomic E-state index is 13.1. The van der Waals surface area contributed by atoms with E-state index in [9.17, 15) is 4.79 Å². The molecule has 7 heteroatoms. The quantitative estimate of drug-likeness (QED) is 0.397. The molecule has 0 radical (unpaired) electrons. The fourth-order valence-electron chi connectivity index (χ4n) is 4.23. The van der Waals surface area contributed by atoms with Crippen LogP contribution in [0.2, 0.25) is 5.02 Å². The van der Waals surface area contributed by atoms with Gasteiger partial charge in [-0.25, -0.2) is 0 Å². The summed E-state index contributed by atoms with van der Waals surface area (Å²) in [5.74, 6) is 0.674. The Hall–Kier alpha value is -2.15. The third-order valence-electron chi connectivity index (χ3n) is 6.07. The molecule has 1 unspecified atom stereocenters.